The number of nitrogens with one attached hydrogen (secondary N) is 1. The van der Waals surface area contributed by atoms with Crippen molar-refractivity contribution in [1.29, 1.82) is 0 Å². The quantitative estimate of drug-likeness (QED) is 0.432. The molecule has 134 valence electrons. The number of aliphatic hydroxyl groups is 1. The molecule has 0 saturated carbocycles. The fourth-order valence-corrected chi connectivity index (χ4v) is 2.78. The number of hydrogen-bond acceptors (Lipinski definition) is 9. The van der Waals surface area contributed by atoms with Crippen molar-refractivity contribution >= 4 is 28.4 Å². The molecule has 0 bridgehead atoms. The molecule has 26 heavy (non-hydrogen) atoms. The first kappa shape index (κ1) is 17.8. The molecule has 0 radical (unpaired) electrons. The first-order chi connectivity index (χ1) is 12.7. The molecular weight excluding hydrogens is 354 g/mol. The van der Waals surface area contributed by atoms with Gasteiger partial charge in [0.1, 0.15) is 5.75 Å². The highest BCUT2D eigenvalue weighted by molar-refractivity contribution is 7.15. The van der Waals surface area contributed by atoms with Crippen LogP contribution in [0.3, 0.4) is 0 Å². The van der Waals surface area contributed by atoms with Crippen molar-refractivity contribution < 1.29 is 15.1 Å². The number of benzene rings is 1. The summed E-state index contributed by atoms with van der Waals surface area (Å²) in [6, 6.07) is 9.67. The molecule has 2 heterocycles. The van der Waals surface area contributed by atoms with Crippen LogP contribution < -0.4 is 5.32 Å². The van der Waals surface area contributed by atoms with Gasteiger partial charge in [-0.15, -0.1) is 10.2 Å². The molecule has 0 atom stereocenters. The second-order valence-electron chi connectivity index (χ2n) is 5.29. The van der Waals surface area contributed by atoms with Crippen LogP contribution in [-0.4, -0.2) is 31.6 Å². The smallest absolute Gasteiger partial charge is 0.210 e. The third-order valence-corrected chi connectivity index (χ3v) is 4.28. The van der Waals surface area contributed by atoms with Crippen molar-refractivity contribution in [2.24, 2.45) is 5.16 Å². The maximum absolute atomic E-state index is 10.0. The van der Waals surface area contributed by atoms with Crippen molar-refractivity contribution in [2.75, 3.05) is 5.32 Å². The molecule has 0 amide bonds. The minimum Gasteiger partial charge on any atom is -0.505 e. The van der Waals surface area contributed by atoms with Crippen molar-refractivity contribution in [2.45, 2.75) is 20.1 Å². The zero-order valence-electron chi connectivity index (χ0n) is 14.0. The van der Waals surface area contributed by atoms with E-state index in [2.05, 4.69) is 25.7 Å². The fraction of sp³-hybridized carbons (Fsp3) is 0.176. The SMILES string of the molecule is Cc1ncc(CO)c(/C=N/OCc2nnc(Nc3ccccc3)s2)c1O. The summed E-state index contributed by atoms with van der Waals surface area (Å²) < 4.78 is 0. The fourth-order valence-electron chi connectivity index (χ4n) is 2.11. The molecule has 0 spiro atoms. The normalized spacial score (nSPS) is 11.0. The van der Waals surface area contributed by atoms with E-state index in [4.69, 9.17) is 4.84 Å². The summed E-state index contributed by atoms with van der Waals surface area (Å²) in [6.07, 6.45) is 2.84. The number of oxime groups is 1. The lowest BCUT2D eigenvalue weighted by Gasteiger charge is -2.06. The Morgan fingerprint density at radius 3 is 2.85 bits per heavy atom. The van der Waals surface area contributed by atoms with Gasteiger partial charge in [0.15, 0.2) is 11.6 Å². The molecule has 0 saturated heterocycles. The van der Waals surface area contributed by atoms with Gasteiger partial charge in [0.25, 0.3) is 0 Å². The number of nitrogens with zero attached hydrogens (tertiary/aromatic N) is 4. The Kier molecular flexibility index (Phi) is 5.72. The van der Waals surface area contributed by atoms with E-state index in [-0.39, 0.29) is 19.0 Å². The summed E-state index contributed by atoms with van der Waals surface area (Å²) in [6.45, 7) is 1.55. The van der Waals surface area contributed by atoms with Gasteiger partial charge >= 0.3 is 0 Å². The van der Waals surface area contributed by atoms with Crippen LogP contribution in [0.15, 0.2) is 41.7 Å². The van der Waals surface area contributed by atoms with Crippen molar-refractivity contribution in [3.63, 3.8) is 0 Å². The molecule has 2 aromatic heterocycles. The van der Waals surface area contributed by atoms with Crippen LogP contribution in [0.4, 0.5) is 10.8 Å². The topological polar surface area (TPSA) is 113 Å². The lowest BCUT2D eigenvalue weighted by atomic mass is 10.1. The van der Waals surface area contributed by atoms with Crippen molar-refractivity contribution in [3.8, 4) is 5.75 Å². The first-order valence-electron chi connectivity index (χ1n) is 7.75. The number of aromatic hydroxyl groups is 1. The molecule has 3 N–H and O–H groups in total. The minimum atomic E-state index is -0.257. The van der Waals surface area contributed by atoms with E-state index in [1.54, 1.807) is 6.92 Å². The van der Waals surface area contributed by atoms with Crippen LogP contribution in [0.25, 0.3) is 0 Å². The van der Waals surface area contributed by atoms with Crippen LogP contribution in [0.1, 0.15) is 21.8 Å². The maximum atomic E-state index is 10.0. The van der Waals surface area contributed by atoms with Crippen LogP contribution in [0.5, 0.6) is 5.75 Å². The van der Waals surface area contributed by atoms with Gasteiger partial charge < -0.3 is 20.4 Å². The molecule has 0 aliphatic carbocycles. The minimum absolute atomic E-state index is 0.0332. The average Bonchev–Trinajstić information content (AvgIpc) is 3.10. The monoisotopic (exact) mass is 371 g/mol. The van der Waals surface area contributed by atoms with E-state index in [1.807, 2.05) is 30.3 Å². The third kappa shape index (κ3) is 4.32. The maximum Gasteiger partial charge on any atom is 0.210 e. The zero-order valence-corrected chi connectivity index (χ0v) is 14.8. The third-order valence-electron chi connectivity index (χ3n) is 3.46. The average molecular weight is 371 g/mol. The predicted octanol–water partition coefficient (Wildman–Crippen LogP) is 2.73. The van der Waals surface area contributed by atoms with E-state index >= 15 is 0 Å². The van der Waals surface area contributed by atoms with E-state index < -0.39 is 0 Å². The molecule has 0 fully saturated rings. The Morgan fingerprint density at radius 2 is 2.08 bits per heavy atom. The number of para-hydroxylation sites is 1. The largest absolute Gasteiger partial charge is 0.505 e. The van der Waals surface area contributed by atoms with Gasteiger partial charge in [-0.3, -0.25) is 4.98 Å². The second-order valence-corrected chi connectivity index (χ2v) is 6.35. The van der Waals surface area contributed by atoms with E-state index in [1.165, 1.54) is 23.7 Å². The van der Waals surface area contributed by atoms with Gasteiger partial charge in [-0.1, -0.05) is 34.7 Å². The Morgan fingerprint density at radius 1 is 1.27 bits per heavy atom. The molecule has 0 aliphatic heterocycles. The number of aromatic nitrogens is 3. The molecule has 3 rings (SSSR count). The Hall–Kier alpha value is -3.04. The lowest BCUT2D eigenvalue weighted by Crippen LogP contribution is -1.98. The van der Waals surface area contributed by atoms with Gasteiger partial charge in [0.2, 0.25) is 5.13 Å². The molecule has 8 nitrogen and oxygen atoms in total. The summed E-state index contributed by atoms with van der Waals surface area (Å²) in [5.41, 5.74) is 2.22. The van der Waals surface area contributed by atoms with Gasteiger partial charge in [-0.05, 0) is 19.1 Å². The van der Waals surface area contributed by atoms with Crippen LogP contribution >= 0.6 is 11.3 Å². The number of aryl methyl sites for hydroxylation is 1. The van der Waals surface area contributed by atoms with Gasteiger partial charge in [0, 0.05) is 23.0 Å². The van der Waals surface area contributed by atoms with E-state index in [0.29, 0.717) is 27.0 Å². The lowest BCUT2D eigenvalue weighted by molar-refractivity contribution is 0.131. The molecule has 9 heteroatoms. The zero-order chi connectivity index (χ0) is 18.4. The van der Waals surface area contributed by atoms with Crippen molar-refractivity contribution in [3.05, 3.63) is 58.4 Å². The van der Waals surface area contributed by atoms with Crippen LogP contribution in [0.2, 0.25) is 0 Å². The summed E-state index contributed by atoms with van der Waals surface area (Å²) >= 11 is 1.36. The Balaban J connectivity index is 1.59. The molecule has 0 unspecified atom stereocenters. The summed E-state index contributed by atoms with van der Waals surface area (Å²) in [5.74, 6) is -0.0332. The Bertz CT molecular complexity index is 899. The van der Waals surface area contributed by atoms with Crippen molar-refractivity contribution in [1.82, 2.24) is 15.2 Å². The van der Waals surface area contributed by atoms with E-state index in [9.17, 15) is 10.2 Å². The number of rotatable bonds is 7. The summed E-state index contributed by atoms with van der Waals surface area (Å²) in [7, 11) is 0. The van der Waals surface area contributed by atoms with Gasteiger partial charge in [0.05, 0.1) is 18.5 Å². The number of pyridine rings is 1. The molecule has 0 aliphatic rings. The number of aliphatic hydroxyl groups excluding tert-OH is 1. The molecule has 1 aromatic carbocycles. The highest BCUT2D eigenvalue weighted by Gasteiger charge is 2.10. The molecular formula is C17H17N5O3S. The van der Waals surface area contributed by atoms with Gasteiger partial charge in [-0.25, -0.2) is 0 Å². The molecule has 3 aromatic rings. The van der Waals surface area contributed by atoms with E-state index in [0.717, 1.165) is 5.69 Å². The second kappa shape index (κ2) is 8.37. The van der Waals surface area contributed by atoms with Crippen LogP contribution in [-0.2, 0) is 18.1 Å². The number of hydrogen-bond donors (Lipinski definition) is 3. The highest BCUT2D eigenvalue weighted by Crippen LogP contribution is 2.23. The van der Waals surface area contributed by atoms with Crippen LogP contribution in [0, 0.1) is 6.92 Å². The predicted molar refractivity (Wildman–Crippen MR) is 98.6 cm³/mol. The summed E-state index contributed by atoms with van der Waals surface area (Å²) in [4.78, 5) is 9.21. The summed E-state index contributed by atoms with van der Waals surface area (Å²) in [5, 5.41) is 35.7. The number of anilines is 2. The van der Waals surface area contributed by atoms with Gasteiger partial charge in [-0.2, -0.15) is 0 Å². The first-order valence-corrected chi connectivity index (χ1v) is 8.57. The highest BCUT2D eigenvalue weighted by atomic mass is 32.1. The Labute approximate surface area is 153 Å². The standard InChI is InChI=1S/C17H17N5O3S/c1-11-16(24)14(12(9-23)7-18-11)8-19-25-10-15-21-22-17(26-15)20-13-5-3-2-4-6-13/h2-8,23-24H,9-10H2,1H3,(H,20,22)/b19-8+.